The molecule has 1 atom stereocenters. The second-order valence-electron chi connectivity index (χ2n) is 5.73. The van der Waals surface area contributed by atoms with E-state index in [2.05, 4.69) is 46.9 Å². The second kappa shape index (κ2) is 5.18. The highest BCUT2D eigenvalue weighted by molar-refractivity contribution is 7.18. The number of anilines is 2. The van der Waals surface area contributed by atoms with Crippen LogP contribution < -0.4 is 10.6 Å². The van der Waals surface area contributed by atoms with Gasteiger partial charge in [0.15, 0.2) is 0 Å². The Bertz CT molecular complexity index is 621. The standard InChI is InChI=1S/C14H21N5S/c1-9-7-11-12(16-14(15)17-13(11)20-9)19-6-4-5-10(19)8-18(2)3/h7,10H,4-6,8H2,1-3H3,(H2,15,16,17). The molecule has 2 aromatic rings. The minimum Gasteiger partial charge on any atom is -0.368 e. The van der Waals surface area contributed by atoms with Crippen molar-refractivity contribution in [2.45, 2.75) is 25.8 Å². The van der Waals surface area contributed by atoms with Crippen molar-refractivity contribution in [1.82, 2.24) is 14.9 Å². The molecule has 3 rings (SSSR count). The summed E-state index contributed by atoms with van der Waals surface area (Å²) in [7, 11) is 4.24. The van der Waals surface area contributed by atoms with E-state index in [1.54, 1.807) is 11.3 Å². The van der Waals surface area contributed by atoms with E-state index in [-0.39, 0.29) is 0 Å². The van der Waals surface area contributed by atoms with Crippen LogP contribution in [-0.4, -0.2) is 48.1 Å². The predicted octanol–water partition coefficient (Wildman–Crippen LogP) is 2.11. The molecule has 1 fully saturated rings. The molecule has 1 aliphatic rings. The van der Waals surface area contributed by atoms with Crippen molar-refractivity contribution < 1.29 is 0 Å². The normalized spacial score (nSPS) is 19.4. The Kier molecular flexibility index (Phi) is 3.52. The van der Waals surface area contributed by atoms with Gasteiger partial charge >= 0.3 is 0 Å². The van der Waals surface area contributed by atoms with E-state index in [1.807, 2.05) is 0 Å². The SMILES string of the molecule is Cc1cc2c(N3CCCC3CN(C)C)nc(N)nc2s1. The van der Waals surface area contributed by atoms with E-state index >= 15 is 0 Å². The van der Waals surface area contributed by atoms with Gasteiger partial charge in [-0.3, -0.25) is 0 Å². The third kappa shape index (κ3) is 2.45. The van der Waals surface area contributed by atoms with E-state index in [1.165, 1.54) is 17.7 Å². The number of nitrogens with two attached hydrogens (primary N) is 1. The molecule has 0 radical (unpaired) electrons. The summed E-state index contributed by atoms with van der Waals surface area (Å²) < 4.78 is 0. The molecule has 0 bridgehead atoms. The lowest BCUT2D eigenvalue weighted by molar-refractivity contribution is 0.372. The van der Waals surface area contributed by atoms with Crippen LogP contribution in [0.1, 0.15) is 17.7 Å². The molecule has 20 heavy (non-hydrogen) atoms. The molecule has 0 aliphatic carbocycles. The van der Waals surface area contributed by atoms with E-state index in [4.69, 9.17) is 5.73 Å². The third-order valence-electron chi connectivity index (χ3n) is 3.74. The zero-order chi connectivity index (χ0) is 14.3. The van der Waals surface area contributed by atoms with Gasteiger partial charge in [0.1, 0.15) is 10.6 Å². The minimum absolute atomic E-state index is 0.379. The Balaban J connectivity index is 2.04. The van der Waals surface area contributed by atoms with Gasteiger partial charge in [0.2, 0.25) is 5.95 Å². The van der Waals surface area contributed by atoms with Crippen LogP contribution in [0.15, 0.2) is 6.07 Å². The average Bonchev–Trinajstić information content (AvgIpc) is 2.93. The first-order chi connectivity index (χ1) is 9.54. The average molecular weight is 291 g/mol. The molecule has 3 heterocycles. The number of nitrogen functional groups attached to an aromatic ring is 1. The summed E-state index contributed by atoms with van der Waals surface area (Å²) in [5.41, 5.74) is 5.90. The Labute approximate surface area is 123 Å². The fourth-order valence-corrected chi connectivity index (χ4v) is 3.87. The summed E-state index contributed by atoms with van der Waals surface area (Å²) in [6.07, 6.45) is 2.43. The minimum atomic E-state index is 0.379. The summed E-state index contributed by atoms with van der Waals surface area (Å²) >= 11 is 1.69. The van der Waals surface area contributed by atoms with Crippen LogP contribution in [0.4, 0.5) is 11.8 Å². The predicted molar refractivity (Wildman–Crippen MR) is 85.5 cm³/mol. The number of thiophene rings is 1. The van der Waals surface area contributed by atoms with Crippen molar-refractivity contribution in [1.29, 1.82) is 0 Å². The molecular weight excluding hydrogens is 270 g/mol. The Morgan fingerprint density at radius 2 is 2.25 bits per heavy atom. The maximum Gasteiger partial charge on any atom is 0.223 e. The lowest BCUT2D eigenvalue weighted by atomic mass is 10.2. The number of rotatable bonds is 3. The van der Waals surface area contributed by atoms with Gasteiger partial charge in [-0.2, -0.15) is 4.98 Å². The summed E-state index contributed by atoms with van der Waals surface area (Å²) in [6, 6.07) is 2.70. The van der Waals surface area contributed by atoms with Gasteiger partial charge in [-0.25, -0.2) is 4.98 Å². The summed E-state index contributed by atoms with van der Waals surface area (Å²) in [4.78, 5) is 15.8. The number of hydrogen-bond donors (Lipinski definition) is 1. The fraction of sp³-hybridized carbons (Fsp3) is 0.571. The number of nitrogens with zero attached hydrogens (tertiary/aromatic N) is 4. The molecule has 2 N–H and O–H groups in total. The van der Waals surface area contributed by atoms with Gasteiger partial charge in [-0.15, -0.1) is 11.3 Å². The van der Waals surface area contributed by atoms with Crippen molar-refractivity contribution in [3.63, 3.8) is 0 Å². The zero-order valence-electron chi connectivity index (χ0n) is 12.3. The Morgan fingerprint density at radius 1 is 1.45 bits per heavy atom. The highest BCUT2D eigenvalue weighted by Gasteiger charge is 2.28. The fourth-order valence-electron chi connectivity index (χ4n) is 2.99. The van der Waals surface area contributed by atoms with Crippen molar-refractivity contribution in [2.75, 3.05) is 37.8 Å². The van der Waals surface area contributed by atoms with Gasteiger partial charge < -0.3 is 15.5 Å². The highest BCUT2D eigenvalue weighted by Crippen LogP contribution is 2.34. The van der Waals surface area contributed by atoms with Gasteiger partial charge in [0.25, 0.3) is 0 Å². The number of likely N-dealkylation sites (N-methyl/N-ethyl adjacent to an activating group) is 1. The molecule has 1 unspecified atom stereocenters. The summed E-state index contributed by atoms with van der Waals surface area (Å²) in [5, 5.41) is 1.15. The van der Waals surface area contributed by atoms with Gasteiger partial charge in [0.05, 0.1) is 5.39 Å². The molecule has 2 aromatic heterocycles. The summed E-state index contributed by atoms with van der Waals surface area (Å²) in [5.74, 6) is 1.39. The maximum absolute atomic E-state index is 5.90. The number of hydrogen-bond acceptors (Lipinski definition) is 6. The van der Waals surface area contributed by atoms with Crippen LogP contribution in [0.5, 0.6) is 0 Å². The monoisotopic (exact) mass is 291 g/mol. The van der Waals surface area contributed by atoms with Crippen LogP contribution in [-0.2, 0) is 0 Å². The van der Waals surface area contributed by atoms with Crippen LogP contribution in [0, 0.1) is 6.92 Å². The van der Waals surface area contributed by atoms with E-state index in [9.17, 15) is 0 Å². The molecule has 0 aromatic carbocycles. The van der Waals surface area contributed by atoms with E-state index in [0.29, 0.717) is 12.0 Å². The van der Waals surface area contributed by atoms with Crippen molar-refractivity contribution >= 4 is 33.3 Å². The molecule has 0 spiro atoms. The number of aromatic nitrogens is 2. The summed E-state index contributed by atoms with van der Waals surface area (Å²) in [6.45, 7) is 4.21. The molecule has 5 nitrogen and oxygen atoms in total. The van der Waals surface area contributed by atoms with E-state index < -0.39 is 0 Å². The molecule has 0 saturated carbocycles. The van der Waals surface area contributed by atoms with E-state index in [0.717, 1.165) is 29.1 Å². The molecule has 6 heteroatoms. The first kappa shape index (κ1) is 13.6. The molecule has 108 valence electrons. The molecule has 0 amide bonds. The van der Waals surface area contributed by atoms with Crippen LogP contribution >= 0.6 is 11.3 Å². The number of aryl methyl sites for hydroxylation is 1. The Morgan fingerprint density at radius 3 is 3.00 bits per heavy atom. The van der Waals surface area contributed by atoms with Crippen molar-refractivity contribution in [2.24, 2.45) is 0 Å². The quantitative estimate of drug-likeness (QED) is 0.938. The first-order valence-corrected chi connectivity index (χ1v) is 7.81. The second-order valence-corrected chi connectivity index (χ2v) is 6.97. The van der Waals surface area contributed by atoms with Gasteiger partial charge in [0, 0.05) is 24.0 Å². The number of fused-ring (bicyclic) bond motifs is 1. The molecule has 1 saturated heterocycles. The largest absolute Gasteiger partial charge is 0.368 e. The van der Waals surface area contributed by atoms with Crippen LogP contribution in [0.3, 0.4) is 0 Å². The lowest BCUT2D eigenvalue weighted by Crippen LogP contribution is -2.38. The third-order valence-corrected chi connectivity index (χ3v) is 4.68. The van der Waals surface area contributed by atoms with Gasteiger partial charge in [-0.1, -0.05) is 0 Å². The first-order valence-electron chi connectivity index (χ1n) is 6.99. The highest BCUT2D eigenvalue weighted by atomic mass is 32.1. The maximum atomic E-state index is 5.90. The lowest BCUT2D eigenvalue weighted by Gasteiger charge is -2.28. The smallest absolute Gasteiger partial charge is 0.223 e. The van der Waals surface area contributed by atoms with Crippen molar-refractivity contribution in [3.8, 4) is 0 Å². The zero-order valence-corrected chi connectivity index (χ0v) is 13.1. The van der Waals surface area contributed by atoms with Crippen LogP contribution in [0.25, 0.3) is 10.2 Å². The van der Waals surface area contributed by atoms with Crippen molar-refractivity contribution in [3.05, 3.63) is 10.9 Å². The Hall–Kier alpha value is -1.40. The molecule has 1 aliphatic heterocycles. The molecular formula is C14H21N5S. The van der Waals surface area contributed by atoms with Gasteiger partial charge in [-0.05, 0) is 39.9 Å². The topological polar surface area (TPSA) is 58.3 Å². The van der Waals surface area contributed by atoms with Crippen LogP contribution in [0.2, 0.25) is 0 Å².